The number of sulfonamides is 1. The third-order valence-corrected chi connectivity index (χ3v) is 6.67. The van der Waals surface area contributed by atoms with Gasteiger partial charge >= 0.3 is 11.9 Å². The lowest BCUT2D eigenvalue weighted by atomic mass is 10.1. The first-order valence-corrected chi connectivity index (χ1v) is 10.8. The number of nitrogens with zero attached hydrogens (tertiary/aromatic N) is 1. The summed E-state index contributed by atoms with van der Waals surface area (Å²) in [5, 5.41) is 0. The van der Waals surface area contributed by atoms with Gasteiger partial charge in [0.05, 0.1) is 23.1 Å². The summed E-state index contributed by atoms with van der Waals surface area (Å²) in [7, 11) is -2.24. The third-order valence-electron chi connectivity index (χ3n) is 4.76. The quantitative estimate of drug-likeness (QED) is 0.671. The molecule has 154 valence electrons. The molecule has 0 unspecified atom stereocenters. The van der Waals surface area contributed by atoms with E-state index in [2.05, 4.69) is 4.74 Å². The Labute approximate surface area is 170 Å². The van der Waals surface area contributed by atoms with Gasteiger partial charge in [-0.2, -0.15) is 4.31 Å². The lowest BCUT2D eigenvalue weighted by molar-refractivity contribution is 0.0472. The van der Waals surface area contributed by atoms with Gasteiger partial charge in [-0.05, 0) is 54.8 Å². The first-order valence-electron chi connectivity index (χ1n) is 9.36. The fourth-order valence-corrected chi connectivity index (χ4v) is 4.67. The van der Waals surface area contributed by atoms with Crippen molar-refractivity contribution in [3.63, 3.8) is 0 Å². The predicted molar refractivity (Wildman–Crippen MR) is 106 cm³/mol. The van der Waals surface area contributed by atoms with Gasteiger partial charge in [0.1, 0.15) is 6.61 Å². The number of carbonyl (C=O) groups excluding carboxylic acids is 2. The molecule has 2 aromatic rings. The van der Waals surface area contributed by atoms with Crippen LogP contribution in [0, 0.1) is 0 Å². The molecule has 0 amide bonds. The molecule has 1 saturated heterocycles. The van der Waals surface area contributed by atoms with Crippen molar-refractivity contribution in [3.05, 3.63) is 65.2 Å². The predicted octanol–water partition coefficient (Wildman–Crippen LogP) is 3.00. The molecule has 0 atom stereocenters. The number of hydrogen-bond donors (Lipinski definition) is 0. The van der Waals surface area contributed by atoms with E-state index < -0.39 is 22.0 Å². The van der Waals surface area contributed by atoms with Gasteiger partial charge in [-0.1, -0.05) is 18.6 Å². The smallest absolute Gasteiger partial charge is 0.338 e. The van der Waals surface area contributed by atoms with Crippen molar-refractivity contribution >= 4 is 22.0 Å². The van der Waals surface area contributed by atoms with Gasteiger partial charge in [0.15, 0.2) is 0 Å². The summed E-state index contributed by atoms with van der Waals surface area (Å²) in [6.45, 7) is 1.03. The van der Waals surface area contributed by atoms with E-state index in [0.29, 0.717) is 24.2 Å². The van der Waals surface area contributed by atoms with Crippen molar-refractivity contribution in [2.24, 2.45) is 0 Å². The summed E-state index contributed by atoms with van der Waals surface area (Å²) in [6, 6.07) is 12.4. The standard InChI is InChI=1S/C21H23NO6S/c1-27-20(23)18-7-5-6-16(14-18)15-28-21(24)17-8-10-19(11-9-17)29(25,26)22-12-3-2-4-13-22/h5-11,14H,2-4,12-13,15H2,1H3. The molecule has 0 bridgehead atoms. The fourth-order valence-electron chi connectivity index (χ4n) is 3.16. The van der Waals surface area contributed by atoms with Gasteiger partial charge in [0.2, 0.25) is 10.0 Å². The Hall–Kier alpha value is -2.71. The first-order chi connectivity index (χ1) is 13.9. The number of carbonyl (C=O) groups is 2. The Kier molecular flexibility index (Phi) is 6.66. The van der Waals surface area contributed by atoms with E-state index in [9.17, 15) is 18.0 Å². The molecule has 2 aromatic carbocycles. The summed E-state index contributed by atoms with van der Waals surface area (Å²) in [5.41, 5.74) is 1.27. The van der Waals surface area contributed by atoms with Crippen LogP contribution in [-0.4, -0.2) is 44.9 Å². The first kappa shape index (κ1) is 21.0. The summed E-state index contributed by atoms with van der Waals surface area (Å²) < 4.78 is 36.8. The Morgan fingerprint density at radius 2 is 1.62 bits per heavy atom. The second-order valence-corrected chi connectivity index (χ2v) is 8.70. The minimum Gasteiger partial charge on any atom is -0.465 e. The average molecular weight is 417 g/mol. The lowest BCUT2D eigenvalue weighted by Gasteiger charge is -2.25. The van der Waals surface area contributed by atoms with Crippen molar-refractivity contribution in [1.82, 2.24) is 4.31 Å². The van der Waals surface area contributed by atoms with Crippen LogP contribution in [0.1, 0.15) is 45.5 Å². The van der Waals surface area contributed by atoms with Gasteiger partial charge in [0.25, 0.3) is 0 Å². The van der Waals surface area contributed by atoms with Gasteiger partial charge in [-0.25, -0.2) is 18.0 Å². The third kappa shape index (κ3) is 5.02. The number of esters is 2. The van der Waals surface area contributed by atoms with Gasteiger partial charge in [-0.15, -0.1) is 0 Å². The second kappa shape index (κ2) is 9.19. The van der Waals surface area contributed by atoms with E-state index in [4.69, 9.17) is 4.74 Å². The minimum absolute atomic E-state index is 0.0164. The van der Waals surface area contributed by atoms with Crippen LogP contribution in [0.3, 0.4) is 0 Å². The van der Waals surface area contributed by atoms with Crippen molar-refractivity contribution < 1.29 is 27.5 Å². The molecule has 0 radical (unpaired) electrons. The van der Waals surface area contributed by atoms with Gasteiger partial charge in [0, 0.05) is 13.1 Å². The highest BCUT2D eigenvalue weighted by Crippen LogP contribution is 2.21. The van der Waals surface area contributed by atoms with E-state index in [0.717, 1.165) is 19.3 Å². The molecular weight excluding hydrogens is 394 g/mol. The zero-order chi connectivity index (χ0) is 20.9. The molecule has 0 spiro atoms. The van der Waals surface area contributed by atoms with Crippen LogP contribution in [0.25, 0.3) is 0 Å². The van der Waals surface area contributed by atoms with E-state index in [1.54, 1.807) is 24.3 Å². The largest absolute Gasteiger partial charge is 0.465 e. The van der Waals surface area contributed by atoms with Crippen LogP contribution in [-0.2, 0) is 26.1 Å². The van der Waals surface area contributed by atoms with Crippen LogP contribution < -0.4 is 0 Å². The number of ether oxygens (including phenoxy) is 2. The van der Waals surface area contributed by atoms with Crippen molar-refractivity contribution in [1.29, 1.82) is 0 Å². The van der Waals surface area contributed by atoms with E-state index in [1.807, 2.05) is 0 Å². The summed E-state index contributed by atoms with van der Waals surface area (Å²) in [5.74, 6) is -1.04. The van der Waals surface area contributed by atoms with Gasteiger partial charge < -0.3 is 9.47 Å². The van der Waals surface area contributed by atoms with E-state index in [-0.39, 0.29) is 17.1 Å². The summed E-state index contributed by atoms with van der Waals surface area (Å²) >= 11 is 0. The average Bonchev–Trinajstić information content (AvgIpc) is 2.77. The molecular formula is C21H23NO6S. The molecule has 7 nitrogen and oxygen atoms in total. The maximum atomic E-state index is 12.7. The molecule has 0 N–H and O–H groups in total. The lowest BCUT2D eigenvalue weighted by Crippen LogP contribution is -2.35. The minimum atomic E-state index is -3.54. The van der Waals surface area contributed by atoms with Crippen LogP contribution in [0.2, 0.25) is 0 Å². The van der Waals surface area contributed by atoms with Crippen LogP contribution in [0.15, 0.2) is 53.4 Å². The van der Waals surface area contributed by atoms with Crippen LogP contribution in [0.4, 0.5) is 0 Å². The number of methoxy groups -OCH3 is 1. The molecule has 0 aromatic heterocycles. The molecule has 1 aliphatic heterocycles. The van der Waals surface area contributed by atoms with Crippen molar-refractivity contribution in [3.8, 4) is 0 Å². The molecule has 29 heavy (non-hydrogen) atoms. The zero-order valence-corrected chi connectivity index (χ0v) is 17.0. The highest BCUT2D eigenvalue weighted by atomic mass is 32.2. The van der Waals surface area contributed by atoms with Crippen LogP contribution in [0.5, 0.6) is 0 Å². The normalized spacial score (nSPS) is 14.9. The molecule has 3 rings (SSSR count). The Morgan fingerprint density at radius 1 is 0.931 bits per heavy atom. The number of piperidine rings is 1. The Bertz CT molecular complexity index is 978. The van der Waals surface area contributed by atoms with E-state index in [1.165, 1.54) is 35.7 Å². The molecule has 1 fully saturated rings. The summed E-state index contributed by atoms with van der Waals surface area (Å²) in [6.07, 6.45) is 2.76. The topological polar surface area (TPSA) is 90.0 Å². The molecule has 1 aliphatic rings. The second-order valence-electron chi connectivity index (χ2n) is 6.76. The highest BCUT2D eigenvalue weighted by molar-refractivity contribution is 7.89. The Morgan fingerprint density at radius 3 is 2.28 bits per heavy atom. The zero-order valence-electron chi connectivity index (χ0n) is 16.2. The number of benzene rings is 2. The monoisotopic (exact) mass is 417 g/mol. The SMILES string of the molecule is COC(=O)c1cccc(COC(=O)c2ccc(S(=O)(=O)N3CCCCC3)cc2)c1. The molecule has 8 heteroatoms. The molecule has 0 saturated carbocycles. The Balaban J connectivity index is 1.64. The van der Waals surface area contributed by atoms with Crippen molar-refractivity contribution in [2.75, 3.05) is 20.2 Å². The molecule has 1 heterocycles. The maximum absolute atomic E-state index is 12.7. The molecule has 0 aliphatic carbocycles. The summed E-state index contributed by atoms with van der Waals surface area (Å²) in [4.78, 5) is 24.0. The number of rotatable bonds is 6. The number of hydrogen-bond acceptors (Lipinski definition) is 6. The van der Waals surface area contributed by atoms with Gasteiger partial charge in [-0.3, -0.25) is 0 Å². The van der Waals surface area contributed by atoms with Crippen molar-refractivity contribution in [2.45, 2.75) is 30.8 Å². The highest BCUT2D eigenvalue weighted by Gasteiger charge is 2.26. The van der Waals surface area contributed by atoms with Crippen LogP contribution >= 0.6 is 0 Å². The fraction of sp³-hybridized carbons (Fsp3) is 0.333. The van der Waals surface area contributed by atoms with E-state index >= 15 is 0 Å². The maximum Gasteiger partial charge on any atom is 0.338 e.